The van der Waals surface area contributed by atoms with Crippen LogP contribution in [0.1, 0.15) is 40.0 Å². The Morgan fingerprint density at radius 3 is 2.45 bits per heavy atom. The summed E-state index contributed by atoms with van der Waals surface area (Å²) in [7, 11) is 0. The lowest BCUT2D eigenvalue weighted by molar-refractivity contribution is -0.132. The van der Waals surface area contributed by atoms with Gasteiger partial charge in [-0.2, -0.15) is 0 Å². The van der Waals surface area contributed by atoms with Crippen LogP contribution in [0.5, 0.6) is 0 Å². The molecule has 2 saturated heterocycles. The molecule has 7 heteroatoms. The normalized spacial score (nSPS) is 25.5. The number of likely N-dealkylation sites (tertiary alicyclic amines) is 2. The van der Waals surface area contributed by atoms with Crippen LogP contribution >= 0.6 is 11.6 Å². The molecule has 2 aliphatic heterocycles. The van der Waals surface area contributed by atoms with E-state index in [0.717, 1.165) is 0 Å². The van der Waals surface area contributed by atoms with E-state index in [1.54, 1.807) is 9.80 Å². The molecule has 0 aromatic carbocycles. The molecular weight excluding hydrogens is 308 g/mol. The molecule has 0 spiro atoms. The number of amides is 2. The Labute approximate surface area is 136 Å². The second-order valence-electron chi connectivity index (χ2n) is 7.27. The number of piperidine rings is 1. The fourth-order valence-electron chi connectivity index (χ4n) is 2.82. The van der Waals surface area contributed by atoms with E-state index in [-0.39, 0.29) is 23.9 Å². The quantitative estimate of drug-likeness (QED) is 0.780. The average molecular weight is 333 g/mol. The number of hydrogen-bond acceptors (Lipinski definition) is 4. The third kappa shape index (κ3) is 4.49. The van der Waals surface area contributed by atoms with Crippen LogP contribution in [0.15, 0.2) is 0 Å². The Balaban J connectivity index is 1.85. The second-order valence-corrected chi connectivity index (χ2v) is 7.88. The molecule has 0 aliphatic carbocycles. The maximum absolute atomic E-state index is 12.0. The molecule has 2 fully saturated rings. The predicted octanol–water partition coefficient (Wildman–Crippen LogP) is 1.59. The number of carbonyl (C=O) groups excluding carboxylic acids is 2. The number of halogens is 1. The Hall–Kier alpha value is -1.01. The molecule has 2 rings (SSSR count). The Bertz CT molecular complexity index is 441. The van der Waals surface area contributed by atoms with E-state index < -0.39 is 11.2 Å². The average Bonchev–Trinajstić information content (AvgIpc) is 2.65. The summed E-state index contributed by atoms with van der Waals surface area (Å²) in [5, 5.41) is 10.5. The largest absolute Gasteiger partial charge is 0.444 e. The Morgan fingerprint density at radius 1 is 1.41 bits per heavy atom. The molecule has 0 radical (unpaired) electrons. The van der Waals surface area contributed by atoms with Gasteiger partial charge in [0.2, 0.25) is 5.91 Å². The summed E-state index contributed by atoms with van der Waals surface area (Å²) in [6.45, 7) is 7.11. The highest BCUT2D eigenvalue weighted by atomic mass is 35.5. The van der Waals surface area contributed by atoms with Gasteiger partial charge in [0.25, 0.3) is 0 Å². The van der Waals surface area contributed by atoms with Crippen LogP contribution in [0.4, 0.5) is 4.79 Å². The number of aliphatic hydroxyl groups is 1. The molecule has 1 unspecified atom stereocenters. The van der Waals surface area contributed by atoms with E-state index in [2.05, 4.69) is 0 Å². The number of hydrogen-bond donors (Lipinski definition) is 1. The molecule has 6 nitrogen and oxygen atoms in total. The molecule has 2 heterocycles. The number of β-amino-alcohol motifs (C(OH)–C–C–N with tert-alkyl or cyclic N) is 1. The van der Waals surface area contributed by atoms with E-state index in [9.17, 15) is 14.7 Å². The Kier molecular flexibility index (Phi) is 4.92. The lowest BCUT2D eigenvalue weighted by atomic mass is 9.91. The van der Waals surface area contributed by atoms with Crippen LogP contribution in [0, 0.1) is 0 Å². The van der Waals surface area contributed by atoms with Gasteiger partial charge in [-0.05, 0) is 33.6 Å². The summed E-state index contributed by atoms with van der Waals surface area (Å²) in [4.78, 5) is 27.0. The molecule has 0 aromatic rings. The molecule has 1 N–H and O–H groups in total. The van der Waals surface area contributed by atoms with E-state index >= 15 is 0 Å². The van der Waals surface area contributed by atoms with E-state index in [1.807, 2.05) is 20.8 Å². The highest BCUT2D eigenvalue weighted by molar-refractivity contribution is 6.22. The molecule has 126 valence electrons. The second kappa shape index (κ2) is 6.24. The highest BCUT2D eigenvalue weighted by Crippen LogP contribution is 2.27. The van der Waals surface area contributed by atoms with Crippen molar-refractivity contribution in [2.45, 2.75) is 56.6 Å². The minimum Gasteiger partial charge on any atom is -0.444 e. The maximum Gasteiger partial charge on any atom is 0.410 e. The van der Waals surface area contributed by atoms with Crippen LogP contribution in [0.3, 0.4) is 0 Å². The van der Waals surface area contributed by atoms with Crippen LogP contribution < -0.4 is 0 Å². The lowest BCUT2D eigenvalue weighted by Gasteiger charge is -2.40. The van der Waals surface area contributed by atoms with Gasteiger partial charge in [-0.3, -0.25) is 4.79 Å². The van der Waals surface area contributed by atoms with E-state index in [4.69, 9.17) is 16.3 Å². The number of rotatable bonds is 2. The molecule has 2 aliphatic rings. The van der Waals surface area contributed by atoms with Crippen LogP contribution in [0.2, 0.25) is 0 Å². The summed E-state index contributed by atoms with van der Waals surface area (Å²) in [5.41, 5.74) is -1.47. The number of carbonyl (C=O) groups is 2. The van der Waals surface area contributed by atoms with Gasteiger partial charge in [0, 0.05) is 32.6 Å². The van der Waals surface area contributed by atoms with Crippen molar-refractivity contribution in [2.75, 3.05) is 26.2 Å². The van der Waals surface area contributed by atoms with Crippen molar-refractivity contribution in [1.82, 2.24) is 9.80 Å². The molecular formula is C15H25ClN2O4. The molecule has 1 atom stereocenters. The minimum absolute atomic E-state index is 0.0111. The van der Waals surface area contributed by atoms with Gasteiger partial charge >= 0.3 is 6.09 Å². The van der Waals surface area contributed by atoms with Gasteiger partial charge in [-0.1, -0.05) is 0 Å². The van der Waals surface area contributed by atoms with Gasteiger partial charge in [-0.25, -0.2) is 4.79 Å². The molecule has 22 heavy (non-hydrogen) atoms. The SMILES string of the molecule is CC(C)(C)OC(=O)N1CCC(O)(CN2CC(Cl)CC2=O)CC1. The lowest BCUT2D eigenvalue weighted by Crippen LogP contribution is -2.53. The summed E-state index contributed by atoms with van der Waals surface area (Å²) in [6.07, 6.45) is 0.848. The summed E-state index contributed by atoms with van der Waals surface area (Å²) < 4.78 is 5.33. The third-order valence-corrected chi connectivity index (χ3v) is 4.29. The van der Waals surface area contributed by atoms with Crippen molar-refractivity contribution in [3.05, 3.63) is 0 Å². The zero-order valence-corrected chi connectivity index (χ0v) is 14.2. The first-order valence-corrected chi connectivity index (χ1v) is 8.14. The van der Waals surface area contributed by atoms with Crippen molar-refractivity contribution in [1.29, 1.82) is 0 Å². The maximum atomic E-state index is 12.0. The molecule has 0 aromatic heterocycles. The van der Waals surface area contributed by atoms with Gasteiger partial charge in [0.05, 0.1) is 11.0 Å². The first kappa shape index (κ1) is 17.3. The van der Waals surface area contributed by atoms with Crippen molar-refractivity contribution in [2.24, 2.45) is 0 Å². The van der Waals surface area contributed by atoms with Crippen molar-refractivity contribution < 1.29 is 19.4 Å². The van der Waals surface area contributed by atoms with E-state index in [0.29, 0.717) is 38.9 Å². The van der Waals surface area contributed by atoms with Crippen molar-refractivity contribution >= 4 is 23.6 Å². The summed E-state index contributed by atoms with van der Waals surface area (Å²) in [5.74, 6) is -0.0111. The molecule has 0 saturated carbocycles. The minimum atomic E-state index is -0.949. The van der Waals surface area contributed by atoms with Crippen molar-refractivity contribution in [3.63, 3.8) is 0 Å². The summed E-state index contributed by atoms with van der Waals surface area (Å²) in [6, 6.07) is 0. The van der Waals surface area contributed by atoms with Crippen LogP contribution in [-0.4, -0.2) is 69.7 Å². The fraction of sp³-hybridized carbons (Fsp3) is 0.867. The van der Waals surface area contributed by atoms with Gasteiger partial charge in [0.15, 0.2) is 0 Å². The first-order valence-electron chi connectivity index (χ1n) is 7.70. The Morgan fingerprint density at radius 2 is 2.00 bits per heavy atom. The monoisotopic (exact) mass is 332 g/mol. The third-order valence-electron chi connectivity index (χ3n) is 4.00. The van der Waals surface area contributed by atoms with Crippen molar-refractivity contribution in [3.8, 4) is 0 Å². The number of nitrogens with zero attached hydrogens (tertiary/aromatic N) is 2. The number of ether oxygens (including phenoxy) is 1. The molecule has 2 amide bonds. The van der Waals surface area contributed by atoms with Gasteiger partial charge in [-0.15, -0.1) is 11.6 Å². The van der Waals surface area contributed by atoms with Gasteiger partial charge < -0.3 is 19.6 Å². The fourth-order valence-corrected chi connectivity index (χ4v) is 3.12. The predicted molar refractivity (Wildman–Crippen MR) is 82.8 cm³/mol. The number of alkyl halides is 1. The standard InChI is InChI=1S/C15H25ClN2O4/c1-14(2,3)22-13(20)17-6-4-15(21,5-7-17)10-18-9-11(16)8-12(18)19/h11,21H,4-10H2,1-3H3. The highest BCUT2D eigenvalue weighted by Gasteiger charge is 2.39. The first-order chi connectivity index (χ1) is 10.1. The van der Waals surface area contributed by atoms with Crippen LogP contribution in [0.25, 0.3) is 0 Å². The zero-order valence-electron chi connectivity index (χ0n) is 13.5. The smallest absolute Gasteiger partial charge is 0.410 e. The van der Waals surface area contributed by atoms with Gasteiger partial charge in [0.1, 0.15) is 5.60 Å². The van der Waals surface area contributed by atoms with Crippen LogP contribution in [-0.2, 0) is 9.53 Å². The summed E-state index contributed by atoms with van der Waals surface area (Å²) >= 11 is 5.98. The molecule has 0 bridgehead atoms. The van der Waals surface area contributed by atoms with E-state index in [1.165, 1.54) is 0 Å². The topological polar surface area (TPSA) is 70.1 Å². The zero-order chi connectivity index (χ0) is 16.5.